The largest absolute Gasteiger partial charge is 0.358 e. The summed E-state index contributed by atoms with van der Waals surface area (Å²) in [4.78, 5) is 27.6. The van der Waals surface area contributed by atoms with Crippen molar-refractivity contribution in [3.63, 3.8) is 0 Å². The van der Waals surface area contributed by atoms with Crippen molar-refractivity contribution in [3.05, 3.63) is 65.2 Å². The van der Waals surface area contributed by atoms with Crippen LogP contribution >= 0.6 is 0 Å². The molecule has 0 spiro atoms. The fraction of sp³-hybridized carbons (Fsp3) is 0.222. The first kappa shape index (κ1) is 16.9. The number of carbonyl (C=O) groups excluding carboxylic acids is 2. The molecule has 2 aromatic rings. The Labute approximate surface area is 143 Å². The number of likely N-dealkylation sites (N-methyl/N-ethyl adjacent to an activating group) is 1. The van der Waals surface area contributed by atoms with E-state index < -0.39 is 17.8 Å². The van der Waals surface area contributed by atoms with Crippen molar-refractivity contribution in [2.45, 2.75) is 6.17 Å². The Morgan fingerprint density at radius 1 is 1.20 bits per heavy atom. The summed E-state index contributed by atoms with van der Waals surface area (Å²) in [5.41, 5.74) is 1.08. The van der Waals surface area contributed by atoms with Crippen LogP contribution in [0.15, 0.2) is 42.5 Å². The smallest absolute Gasteiger partial charge is 0.257 e. The average molecular weight is 345 g/mol. The maximum atomic E-state index is 14.4. The molecule has 2 aromatic carbocycles. The summed E-state index contributed by atoms with van der Waals surface area (Å²) in [7, 11) is 3.03. The molecule has 1 aliphatic rings. The van der Waals surface area contributed by atoms with Crippen molar-refractivity contribution >= 4 is 17.5 Å². The Bertz CT molecular complexity index is 841. The second kappa shape index (κ2) is 6.51. The molecular weight excluding hydrogens is 328 g/mol. The van der Waals surface area contributed by atoms with Crippen LogP contribution in [-0.2, 0) is 4.79 Å². The van der Waals surface area contributed by atoms with Crippen molar-refractivity contribution in [2.75, 3.05) is 25.5 Å². The molecule has 0 bridgehead atoms. The van der Waals surface area contributed by atoms with E-state index in [2.05, 4.69) is 5.32 Å². The molecule has 1 N–H and O–H groups in total. The molecule has 2 amide bonds. The zero-order valence-electron chi connectivity index (χ0n) is 13.8. The van der Waals surface area contributed by atoms with Crippen LogP contribution in [0.25, 0.3) is 0 Å². The highest BCUT2D eigenvalue weighted by Gasteiger charge is 2.38. The fourth-order valence-corrected chi connectivity index (χ4v) is 3.04. The highest BCUT2D eigenvalue weighted by Crippen LogP contribution is 2.38. The molecule has 0 unspecified atom stereocenters. The lowest BCUT2D eigenvalue weighted by Gasteiger charge is -2.43. The van der Waals surface area contributed by atoms with E-state index in [1.54, 1.807) is 29.2 Å². The molecule has 0 radical (unpaired) electrons. The number of carbonyl (C=O) groups is 2. The lowest BCUT2D eigenvalue weighted by molar-refractivity contribution is -0.119. The minimum atomic E-state index is -0.861. The number of rotatable bonds is 3. The van der Waals surface area contributed by atoms with Crippen molar-refractivity contribution < 1.29 is 18.4 Å². The van der Waals surface area contributed by atoms with Crippen LogP contribution in [0.2, 0.25) is 0 Å². The number of hydrogen-bond acceptors (Lipinski definition) is 3. The Hall–Kier alpha value is -2.96. The number of hydrogen-bond donors (Lipinski definition) is 1. The number of amides is 2. The predicted octanol–water partition coefficient (Wildman–Crippen LogP) is 2.30. The fourth-order valence-electron chi connectivity index (χ4n) is 3.04. The molecule has 0 aliphatic carbocycles. The van der Waals surface area contributed by atoms with Crippen molar-refractivity contribution in [1.82, 2.24) is 10.2 Å². The van der Waals surface area contributed by atoms with Gasteiger partial charge >= 0.3 is 0 Å². The van der Waals surface area contributed by atoms with Gasteiger partial charge in [-0.05, 0) is 24.3 Å². The third kappa shape index (κ3) is 2.93. The topological polar surface area (TPSA) is 52.7 Å². The van der Waals surface area contributed by atoms with E-state index in [1.807, 2.05) is 0 Å². The van der Waals surface area contributed by atoms with Gasteiger partial charge in [-0.2, -0.15) is 0 Å². The lowest BCUT2D eigenvalue weighted by Crippen LogP contribution is -2.50. The van der Waals surface area contributed by atoms with Gasteiger partial charge in [-0.15, -0.1) is 0 Å². The second-order valence-corrected chi connectivity index (χ2v) is 5.77. The van der Waals surface area contributed by atoms with Crippen molar-refractivity contribution in [1.29, 1.82) is 0 Å². The molecular formula is C18H17F2N3O2. The zero-order chi connectivity index (χ0) is 18.1. The summed E-state index contributed by atoms with van der Waals surface area (Å²) >= 11 is 0. The molecule has 1 heterocycles. The van der Waals surface area contributed by atoms with E-state index in [0.717, 1.165) is 12.1 Å². The summed E-state index contributed by atoms with van der Waals surface area (Å²) in [6.45, 7) is -0.0768. The van der Waals surface area contributed by atoms with Crippen LogP contribution in [0.4, 0.5) is 14.5 Å². The Kier molecular flexibility index (Phi) is 4.39. The Morgan fingerprint density at radius 3 is 2.60 bits per heavy atom. The summed E-state index contributed by atoms with van der Waals surface area (Å²) < 4.78 is 27.7. The highest BCUT2D eigenvalue weighted by molar-refractivity contribution is 6.02. The van der Waals surface area contributed by atoms with Crippen LogP contribution in [0.5, 0.6) is 0 Å². The van der Waals surface area contributed by atoms with Crippen LogP contribution < -0.4 is 10.2 Å². The molecule has 1 aliphatic heterocycles. The van der Waals surface area contributed by atoms with Gasteiger partial charge in [0.15, 0.2) is 0 Å². The molecule has 1 atom stereocenters. The number of para-hydroxylation sites is 1. The minimum Gasteiger partial charge on any atom is -0.358 e. The highest BCUT2D eigenvalue weighted by atomic mass is 19.1. The normalized spacial score (nSPS) is 16.6. The van der Waals surface area contributed by atoms with E-state index in [9.17, 15) is 18.4 Å². The summed E-state index contributed by atoms with van der Waals surface area (Å²) in [6.07, 6.45) is -0.861. The first-order valence-corrected chi connectivity index (χ1v) is 7.72. The van der Waals surface area contributed by atoms with Gasteiger partial charge < -0.3 is 15.1 Å². The monoisotopic (exact) mass is 345 g/mol. The van der Waals surface area contributed by atoms with Gasteiger partial charge in [0, 0.05) is 25.7 Å². The van der Waals surface area contributed by atoms with Crippen LogP contribution in [0.1, 0.15) is 22.1 Å². The second-order valence-electron chi connectivity index (χ2n) is 5.77. The lowest BCUT2D eigenvalue weighted by atomic mass is 10.0. The number of benzene rings is 2. The maximum absolute atomic E-state index is 14.4. The van der Waals surface area contributed by atoms with Gasteiger partial charge in [-0.3, -0.25) is 9.59 Å². The maximum Gasteiger partial charge on any atom is 0.257 e. The first-order chi connectivity index (χ1) is 11.9. The van der Waals surface area contributed by atoms with E-state index in [-0.39, 0.29) is 23.9 Å². The zero-order valence-corrected chi connectivity index (χ0v) is 13.8. The predicted molar refractivity (Wildman–Crippen MR) is 89.0 cm³/mol. The van der Waals surface area contributed by atoms with E-state index in [4.69, 9.17) is 0 Å². The molecule has 0 saturated heterocycles. The first-order valence-electron chi connectivity index (χ1n) is 7.72. The molecule has 7 heteroatoms. The SMILES string of the molecule is CNC(=O)CN1c2ccccc2C(=O)N(C)[C@@H]1c1ccc(F)cc1F. The minimum absolute atomic E-state index is 0.0768. The molecule has 25 heavy (non-hydrogen) atoms. The van der Waals surface area contributed by atoms with Gasteiger partial charge in [-0.25, -0.2) is 8.78 Å². The molecule has 0 saturated carbocycles. The van der Waals surface area contributed by atoms with Crippen molar-refractivity contribution in [2.24, 2.45) is 0 Å². The van der Waals surface area contributed by atoms with Gasteiger partial charge in [0.1, 0.15) is 17.8 Å². The molecule has 0 fully saturated rings. The molecule has 130 valence electrons. The summed E-state index contributed by atoms with van der Waals surface area (Å²) in [6, 6.07) is 10.0. The Balaban J connectivity index is 2.16. The number of nitrogens with one attached hydrogen (secondary N) is 1. The number of nitrogens with zero attached hydrogens (tertiary/aromatic N) is 2. The van der Waals surface area contributed by atoms with Crippen LogP contribution in [-0.4, -0.2) is 37.4 Å². The van der Waals surface area contributed by atoms with E-state index in [0.29, 0.717) is 11.3 Å². The van der Waals surface area contributed by atoms with Gasteiger partial charge in [0.25, 0.3) is 5.91 Å². The number of halogens is 2. The van der Waals surface area contributed by atoms with Crippen LogP contribution in [0, 0.1) is 11.6 Å². The number of anilines is 1. The third-order valence-corrected chi connectivity index (χ3v) is 4.26. The Morgan fingerprint density at radius 2 is 1.92 bits per heavy atom. The third-order valence-electron chi connectivity index (χ3n) is 4.26. The van der Waals surface area contributed by atoms with Crippen LogP contribution in [0.3, 0.4) is 0 Å². The van der Waals surface area contributed by atoms with E-state index >= 15 is 0 Å². The molecule has 0 aromatic heterocycles. The quantitative estimate of drug-likeness (QED) is 0.929. The molecule has 5 nitrogen and oxygen atoms in total. The number of fused-ring (bicyclic) bond motifs is 1. The van der Waals surface area contributed by atoms with Gasteiger partial charge in [0.05, 0.1) is 17.8 Å². The standard InChI is InChI=1S/C18H17F2N3O2/c1-21-16(24)10-23-15-6-4-3-5-13(15)18(25)22(2)17(23)12-8-7-11(19)9-14(12)20/h3-9,17H,10H2,1-2H3,(H,21,24)/t17-/m0/s1. The summed E-state index contributed by atoms with van der Waals surface area (Å²) in [5, 5.41) is 2.53. The van der Waals surface area contributed by atoms with Crippen molar-refractivity contribution in [3.8, 4) is 0 Å². The average Bonchev–Trinajstić information content (AvgIpc) is 2.60. The van der Waals surface area contributed by atoms with E-state index in [1.165, 1.54) is 25.1 Å². The summed E-state index contributed by atoms with van der Waals surface area (Å²) in [5.74, 6) is -2.06. The van der Waals surface area contributed by atoms with Gasteiger partial charge in [0.2, 0.25) is 5.91 Å². The molecule has 3 rings (SSSR count). The van der Waals surface area contributed by atoms with Gasteiger partial charge in [-0.1, -0.05) is 12.1 Å².